The topological polar surface area (TPSA) is 51.5 Å². The van der Waals surface area contributed by atoms with Crippen LogP contribution < -0.4 is 5.01 Å². The van der Waals surface area contributed by atoms with Gasteiger partial charge in [-0.05, 0) is 50.2 Å². The lowest BCUT2D eigenvalue weighted by Gasteiger charge is -2.26. The molecular weight excluding hydrogens is 304 g/mol. The third-order valence-electron chi connectivity index (χ3n) is 3.31. The molecule has 0 atom stereocenters. The molecule has 0 aliphatic heterocycles. The molecule has 1 aromatic carbocycles. The summed E-state index contributed by atoms with van der Waals surface area (Å²) in [7, 11) is 1.29. The van der Waals surface area contributed by atoms with E-state index >= 15 is 0 Å². The summed E-state index contributed by atoms with van der Waals surface area (Å²) in [6.07, 6.45) is 0. The van der Waals surface area contributed by atoms with Gasteiger partial charge in [-0.1, -0.05) is 11.6 Å². The van der Waals surface area contributed by atoms with Crippen molar-refractivity contribution in [2.24, 2.45) is 0 Å². The van der Waals surface area contributed by atoms with Crippen molar-refractivity contribution >= 4 is 23.5 Å². The molecule has 0 saturated carbocycles. The molecule has 1 aromatic heterocycles. The summed E-state index contributed by atoms with van der Waals surface area (Å²) in [5, 5.41) is 1.91. The number of nitrogens with zero attached hydrogens (tertiary/aromatic N) is 2. The fourth-order valence-electron chi connectivity index (χ4n) is 2.20. The van der Waals surface area contributed by atoms with Gasteiger partial charge in [0.25, 0.3) is 5.91 Å². The average Bonchev–Trinajstić information content (AvgIpc) is 2.84. The summed E-state index contributed by atoms with van der Waals surface area (Å²) < 4.78 is 6.40. The lowest BCUT2D eigenvalue weighted by Crippen LogP contribution is -2.45. The first-order valence-electron chi connectivity index (χ1n) is 6.73. The zero-order chi connectivity index (χ0) is 16.3. The van der Waals surface area contributed by atoms with Crippen LogP contribution in [0, 0.1) is 13.8 Å². The predicted octanol–water partition coefficient (Wildman–Crippen LogP) is 2.71. The molecule has 2 aromatic rings. The average molecular weight is 321 g/mol. The Balaban J connectivity index is 2.42. The molecule has 2 rings (SSSR count). The number of aryl methyl sites for hydroxylation is 2. The number of carbonyl (C=O) groups is 2. The van der Waals surface area contributed by atoms with Crippen molar-refractivity contribution in [3.05, 3.63) is 58.4 Å². The fourth-order valence-corrected chi connectivity index (χ4v) is 2.33. The summed E-state index contributed by atoms with van der Waals surface area (Å²) in [4.78, 5) is 24.4. The van der Waals surface area contributed by atoms with Gasteiger partial charge in [0.1, 0.15) is 6.54 Å². The van der Waals surface area contributed by atoms with Crippen molar-refractivity contribution in [2.75, 3.05) is 18.7 Å². The van der Waals surface area contributed by atoms with Gasteiger partial charge in [0.2, 0.25) is 0 Å². The van der Waals surface area contributed by atoms with E-state index in [0.717, 1.165) is 11.4 Å². The van der Waals surface area contributed by atoms with Crippen molar-refractivity contribution < 1.29 is 14.3 Å². The number of ether oxygens (including phenoxy) is 1. The van der Waals surface area contributed by atoms with Crippen LogP contribution in [-0.2, 0) is 9.53 Å². The molecule has 0 saturated heterocycles. The third-order valence-corrected chi connectivity index (χ3v) is 3.56. The molecular formula is C16H17ClN2O3. The van der Waals surface area contributed by atoms with Gasteiger partial charge in [0, 0.05) is 22.0 Å². The Kier molecular flexibility index (Phi) is 4.88. The summed E-state index contributed by atoms with van der Waals surface area (Å²) in [5.41, 5.74) is 2.15. The van der Waals surface area contributed by atoms with Gasteiger partial charge in [0.15, 0.2) is 0 Å². The van der Waals surface area contributed by atoms with Crippen LogP contribution in [0.25, 0.3) is 0 Å². The number of benzene rings is 1. The lowest BCUT2D eigenvalue weighted by molar-refractivity contribution is -0.139. The quantitative estimate of drug-likeness (QED) is 0.814. The van der Waals surface area contributed by atoms with E-state index in [1.165, 1.54) is 12.1 Å². The molecule has 6 heteroatoms. The number of amides is 1. The van der Waals surface area contributed by atoms with E-state index in [0.29, 0.717) is 10.6 Å². The second-order valence-corrected chi connectivity index (χ2v) is 5.31. The second-order valence-electron chi connectivity index (χ2n) is 4.87. The number of hydrogen-bond donors (Lipinski definition) is 0. The molecule has 0 aliphatic carbocycles. The number of hydrogen-bond acceptors (Lipinski definition) is 3. The molecule has 0 fully saturated rings. The maximum Gasteiger partial charge on any atom is 0.327 e. The number of esters is 1. The van der Waals surface area contributed by atoms with E-state index in [1.54, 1.807) is 28.9 Å². The SMILES string of the molecule is COC(=O)CN(C(=O)c1ccc(Cl)cc1)n1c(C)ccc1C. The van der Waals surface area contributed by atoms with Gasteiger partial charge in [-0.25, -0.2) is 5.01 Å². The standard InChI is InChI=1S/C16H17ClN2O3/c1-11-4-5-12(2)19(11)18(10-15(20)22-3)16(21)13-6-8-14(17)9-7-13/h4-9H,10H2,1-3H3. The zero-order valence-corrected chi connectivity index (χ0v) is 13.4. The highest BCUT2D eigenvalue weighted by molar-refractivity contribution is 6.30. The van der Waals surface area contributed by atoms with E-state index in [1.807, 2.05) is 26.0 Å². The Morgan fingerprint density at radius 3 is 2.14 bits per heavy atom. The van der Waals surface area contributed by atoms with Crippen LogP contribution >= 0.6 is 11.6 Å². The number of carbonyl (C=O) groups excluding carboxylic acids is 2. The zero-order valence-electron chi connectivity index (χ0n) is 12.7. The Labute approximate surface area is 134 Å². The Morgan fingerprint density at radius 1 is 1.09 bits per heavy atom. The van der Waals surface area contributed by atoms with Crippen LogP contribution in [0.2, 0.25) is 5.02 Å². The van der Waals surface area contributed by atoms with Crippen LogP contribution in [0.5, 0.6) is 0 Å². The van der Waals surface area contributed by atoms with Crippen molar-refractivity contribution in [3.63, 3.8) is 0 Å². The van der Waals surface area contributed by atoms with Crippen LogP contribution in [0.3, 0.4) is 0 Å². The van der Waals surface area contributed by atoms with Crippen LogP contribution in [-0.4, -0.2) is 30.2 Å². The minimum absolute atomic E-state index is 0.172. The summed E-state index contributed by atoms with van der Waals surface area (Å²) in [6.45, 7) is 3.56. The van der Waals surface area contributed by atoms with E-state index in [-0.39, 0.29) is 12.5 Å². The first kappa shape index (κ1) is 16.1. The van der Waals surface area contributed by atoms with Gasteiger partial charge < -0.3 is 4.74 Å². The second kappa shape index (κ2) is 6.66. The minimum atomic E-state index is -0.491. The van der Waals surface area contributed by atoms with Crippen molar-refractivity contribution in [2.45, 2.75) is 13.8 Å². The number of rotatable bonds is 4. The highest BCUT2D eigenvalue weighted by Crippen LogP contribution is 2.14. The normalized spacial score (nSPS) is 10.4. The third kappa shape index (κ3) is 3.31. The number of methoxy groups -OCH3 is 1. The smallest absolute Gasteiger partial charge is 0.327 e. The molecule has 1 amide bonds. The summed E-state index contributed by atoms with van der Waals surface area (Å²) in [5.74, 6) is -0.792. The molecule has 5 nitrogen and oxygen atoms in total. The van der Waals surface area contributed by atoms with Crippen LogP contribution in [0.1, 0.15) is 21.7 Å². The molecule has 22 heavy (non-hydrogen) atoms. The van der Waals surface area contributed by atoms with Crippen LogP contribution in [0.4, 0.5) is 0 Å². The first-order chi connectivity index (χ1) is 10.4. The van der Waals surface area contributed by atoms with E-state index < -0.39 is 5.97 Å². The van der Waals surface area contributed by atoms with Gasteiger partial charge in [-0.2, -0.15) is 0 Å². The van der Waals surface area contributed by atoms with E-state index in [9.17, 15) is 9.59 Å². The molecule has 0 spiro atoms. The molecule has 0 aliphatic rings. The largest absolute Gasteiger partial charge is 0.468 e. The van der Waals surface area contributed by atoms with Gasteiger partial charge in [-0.15, -0.1) is 0 Å². The van der Waals surface area contributed by atoms with E-state index in [2.05, 4.69) is 0 Å². The summed E-state index contributed by atoms with van der Waals surface area (Å²) in [6, 6.07) is 10.3. The maximum absolute atomic E-state index is 12.8. The van der Waals surface area contributed by atoms with Crippen molar-refractivity contribution in [1.29, 1.82) is 0 Å². The highest BCUT2D eigenvalue weighted by atomic mass is 35.5. The first-order valence-corrected chi connectivity index (χ1v) is 7.11. The van der Waals surface area contributed by atoms with Gasteiger partial charge >= 0.3 is 5.97 Å². The Morgan fingerprint density at radius 2 is 1.64 bits per heavy atom. The van der Waals surface area contributed by atoms with Gasteiger partial charge in [-0.3, -0.25) is 14.3 Å². The predicted molar refractivity (Wildman–Crippen MR) is 84.8 cm³/mol. The fraction of sp³-hybridized carbons (Fsp3) is 0.250. The molecule has 0 N–H and O–H groups in total. The van der Waals surface area contributed by atoms with Crippen molar-refractivity contribution in [1.82, 2.24) is 4.68 Å². The summed E-state index contributed by atoms with van der Waals surface area (Å²) >= 11 is 5.85. The monoisotopic (exact) mass is 320 g/mol. The van der Waals surface area contributed by atoms with Gasteiger partial charge in [0.05, 0.1) is 7.11 Å². The molecule has 0 radical (unpaired) electrons. The Bertz CT molecular complexity index is 672. The molecule has 0 bridgehead atoms. The molecule has 1 heterocycles. The number of aromatic nitrogens is 1. The lowest BCUT2D eigenvalue weighted by atomic mass is 10.2. The Hall–Kier alpha value is -2.27. The molecule has 0 unspecified atom stereocenters. The van der Waals surface area contributed by atoms with Crippen molar-refractivity contribution in [3.8, 4) is 0 Å². The maximum atomic E-state index is 12.8. The molecule has 116 valence electrons. The minimum Gasteiger partial charge on any atom is -0.468 e. The number of halogens is 1. The van der Waals surface area contributed by atoms with E-state index in [4.69, 9.17) is 16.3 Å². The highest BCUT2D eigenvalue weighted by Gasteiger charge is 2.23. The van der Waals surface area contributed by atoms with Crippen LogP contribution in [0.15, 0.2) is 36.4 Å².